The van der Waals surface area contributed by atoms with Gasteiger partial charge in [-0.1, -0.05) is 48.5 Å². The van der Waals surface area contributed by atoms with E-state index in [1.54, 1.807) is 18.4 Å². The Morgan fingerprint density at radius 1 is 1.03 bits per heavy atom. The van der Waals surface area contributed by atoms with Gasteiger partial charge in [-0.15, -0.1) is 0 Å². The maximum atomic E-state index is 13.4. The Bertz CT molecular complexity index is 1350. The monoisotopic (exact) mass is 440 g/mol. The second kappa shape index (κ2) is 8.47. The van der Waals surface area contributed by atoms with Crippen molar-refractivity contribution < 1.29 is 19.1 Å². The summed E-state index contributed by atoms with van der Waals surface area (Å²) < 4.78 is 7.45. The fourth-order valence-corrected chi connectivity index (χ4v) is 4.62. The summed E-state index contributed by atoms with van der Waals surface area (Å²) in [5.41, 5.74) is 2.98. The number of aliphatic hydroxyl groups is 1. The molecular weight excluding hydrogens is 416 g/mol. The molecule has 1 aliphatic rings. The van der Waals surface area contributed by atoms with Crippen LogP contribution in [0.1, 0.15) is 29.3 Å². The zero-order valence-electron chi connectivity index (χ0n) is 18.3. The van der Waals surface area contributed by atoms with E-state index >= 15 is 0 Å². The molecule has 166 valence electrons. The molecule has 2 aromatic carbocycles. The van der Waals surface area contributed by atoms with Gasteiger partial charge in [0.15, 0.2) is 11.5 Å². The molecule has 0 fully saturated rings. The van der Waals surface area contributed by atoms with Crippen molar-refractivity contribution in [3.8, 4) is 0 Å². The number of fused-ring (bicyclic) bond motifs is 1. The second-order valence-corrected chi connectivity index (χ2v) is 8.30. The largest absolute Gasteiger partial charge is 0.503 e. The molecule has 1 aliphatic heterocycles. The standard InChI is InChI=1S/C27H24N2O4/c1-28-17-21(20-11-5-6-12-22(20)28)25-24(23(30)14-13-18-8-3-2-4-9-18)26(31)27(32)29(25)16-19-10-7-15-33-19/h2-12,15,17,25,31H,13-14,16H2,1H3. The highest BCUT2D eigenvalue weighted by atomic mass is 16.3. The Hall–Kier alpha value is -4.06. The van der Waals surface area contributed by atoms with Crippen molar-refractivity contribution in [2.24, 2.45) is 7.05 Å². The highest BCUT2D eigenvalue weighted by Gasteiger charge is 2.44. The number of furan rings is 1. The molecule has 4 aromatic rings. The Labute approximate surface area is 191 Å². The maximum absolute atomic E-state index is 13.4. The number of aromatic nitrogens is 1. The van der Waals surface area contributed by atoms with Gasteiger partial charge in [0.1, 0.15) is 5.76 Å². The average Bonchev–Trinajstić information content (AvgIpc) is 3.53. The maximum Gasteiger partial charge on any atom is 0.290 e. The van der Waals surface area contributed by atoms with Gasteiger partial charge in [0.25, 0.3) is 5.91 Å². The lowest BCUT2D eigenvalue weighted by atomic mass is 9.93. The summed E-state index contributed by atoms with van der Waals surface area (Å²) in [6.45, 7) is 0.152. The zero-order valence-corrected chi connectivity index (χ0v) is 18.3. The van der Waals surface area contributed by atoms with E-state index in [-0.39, 0.29) is 24.3 Å². The van der Waals surface area contributed by atoms with Crippen LogP contribution < -0.4 is 0 Å². The number of hydrogen-bond acceptors (Lipinski definition) is 4. The third-order valence-electron chi connectivity index (χ3n) is 6.22. The van der Waals surface area contributed by atoms with E-state index < -0.39 is 17.7 Å². The number of rotatable bonds is 7. The van der Waals surface area contributed by atoms with Crippen LogP contribution >= 0.6 is 0 Å². The second-order valence-electron chi connectivity index (χ2n) is 8.30. The molecule has 1 unspecified atom stereocenters. The van der Waals surface area contributed by atoms with Gasteiger partial charge in [-0.05, 0) is 30.2 Å². The third-order valence-corrected chi connectivity index (χ3v) is 6.22. The number of amides is 1. The van der Waals surface area contributed by atoms with Crippen LogP contribution in [0.25, 0.3) is 10.9 Å². The molecule has 0 radical (unpaired) electrons. The molecule has 5 rings (SSSR count). The lowest BCUT2D eigenvalue weighted by Crippen LogP contribution is -2.30. The highest BCUT2D eigenvalue weighted by molar-refractivity contribution is 6.09. The molecule has 33 heavy (non-hydrogen) atoms. The van der Waals surface area contributed by atoms with Crippen LogP contribution in [0.4, 0.5) is 0 Å². The van der Waals surface area contributed by atoms with Gasteiger partial charge in [-0.3, -0.25) is 9.59 Å². The van der Waals surface area contributed by atoms with Crippen molar-refractivity contribution in [3.05, 3.63) is 107 Å². The molecule has 1 N–H and O–H groups in total. The third kappa shape index (κ3) is 3.74. The van der Waals surface area contributed by atoms with E-state index in [1.165, 1.54) is 4.90 Å². The number of nitrogens with zero attached hydrogens (tertiary/aromatic N) is 2. The van der Waals surface area contributed by atoms with Gasteiger partial charge in [0, 0.05) is 36.1 Å². The first-order chi connectivity index (χ1) is 16.0. The van der Waals surface area contributed by atoms with Crippen molar-refractivity contribution in [1.29, 1.82) is 0 Å². The van der Waals surface area contributed by atoms with Gasteiger partial charge in [-0.25, -0.2) is 0 Å². The number of ketones is 1. The number of aryl methyl sites for hydroxylation is 2. The van der Waals surface area contributed by atoms with Gasteiger partial charge in [-0.2, -0.15) is 0 Å². The molecule has 6 nitrogen and oxygen atoms in total. The smallest absolute Gasteiger partial charge is 0.290 e. The summed E-state index contributed by atoms with van der Waals surface area (Å²) in [5.74, 6) is -0.686. The molecule has 3 heterocycles. The molecule has 0 saturated carbocycles. The lowest BCUT2D eigenvalue weighted by molar-refractivity contribution is -0.130. The van der Waals surface area contributed by atoms with E-state index in [1.807, 2.05) is 72.4 Å². The number of para-hydroxylation sites is 1. The van der Waals surface area contributed by atoms with Gasteiger partial charge in [0.2, 0.25) is 0 Å². The summed E-state index contributed by atoms with van der Waals surface area (Å²) in [5, 5.41) is 11.8. The Balaban J connectivity index is 1.56. The van der Waals surface area contributed by atoms with Gasteiger partial charge >= 0.3 is 0 Å². The number of Topliss-reactive ketones (excluding diaryl/α,β-unsaturated/α-hetero) is 1. The first-order valence-electron chi connectivity index (χ1n) is 10.9. The fraction of sp³-hybridized carbons (Fsp3) is 0.185. The van der Waals surface area contributed by atoms with E-state index in [0.717, 1.165) is 22.0 Å². The molecule has 2 aromatic heterocycles. The van der Waals surface area contributed by atoms with Crippen LogP contribution in [0.15, 0.2) is 94.9 Å². The van der Waals surface area contributed by atoms with Crippen LogP contribution in [-0.2, 0) is 29.6 Å². The molecule has 1 atom stereocenters. The number of hydrogen-bond donors (Lipinski definition) is 1. The molecule has 1 amide bonds. The van der Waals surface area contributed by atoms with Crippen LogP contribution in [0.2, 0.25) is 0 Å². The van der Waals surface area contributed by atoms with Crippen LogP contribution in [0.3, 0.4) is 0 Å². The quantitative estimate of drug-likeness (QED) is 0.445. The van der Waals surface area contributed by atoms with Crippen molar-refractivity contribution in [2.45, 2.75) is 25.4 Å². The Morgan fingerprint density at radius 2 is 1.79 bits per heavy atom. The minimum Gasteiger partial charge on any atom is -0.503 e. The van der Waals surface area contributed by atoms with E-state index in [0.29, 0.717) is 12.2 Å². The Morgan fingerprint density at radius 3 is 2.55 bits per heavy atom. The van der Waals surface area contributed by atoms with E-state index in [4.69, 9.17) is 4.42 Å². The molecule has 0 aliphatic carbocycles. The first-order valence-corrected chi connectivity index (χ1v) is 10.9. The number of carbonyl (C=O) groups excluding carboxylic acids is 2. The predicted octanol–water partition coefficient (Wildman–Crippen LogP) is 4.87. The summed E-state index contributed by atoms with van der Waals surface area (Å²) in [4.78, 5) is 28.1. The number of benzene rings is 2. The average molecular weight is 440 g/mol. The normalized spacial score (nSPS) is 16.2. The van der Waals surface area contributed by atoms with Crippen LogP contribution in [0, 0.1) is 0 Å². The molecular formula is C27H24N2O4. The first kappa shape index (κ1) is 20.8. The van der Waals surface area contributed by atoms with E-state index in [9.17, 15) is 14.7 Å². The predicted molar refractivity (Wildman–Crippen MR) is 124 cm³/mol. The molecule has 0 saturated heterocycles. The van der Waals surface area contributed by atoms with Crippen molar-refractivity contribution in [3.63, 3.8) is 0 Å². The topological polar surface area (TPSA) is 75.7 Å². The molecule has 0 spiro atoms. The Kier molecular flexibility index (Phi) is 5.34. The minimum atomic E-state index is -0.697. The van der Waals surface area contributed by atoms with E-state index in [2.05, 4.69) is 0 Å². The number of aliphatic hydroxyl groups excluding tert-OH is 1. The lowest BCUT2D eigenvalue weighted by Gasteiger charge is -2.25. The summed E-state index contributed by atoms with van der Waals surface area (Å²) in [7, 11) is 1.93. The zero-order chi connectivity index (χ0) is 22.9. The van der Waals surface area contributed by atoms with Crippen molar-refractivity contribution in [2.75, 3.05) is 0 Å². The van der Waals surface area contributed by atoms with Crippen LogP contribution in [0.5, 0.6) is 0 Å². The highest BCUT2D eigenvalue weighted by Crippen LogP contribution is 2.42. The molecule has 0 bridgehead atoms. The minimum absolute atomic E-state index is 0.152. The van der Waals surface area contributed by atoms with Gasteiger partial charge < -0.3 is 19.0 Å². The van der Waals surface area contributed by atoms with Crippen LogP contribution in [-0.4, -0.2) is 26.3 Å². The molecule has 6 heteroatoms. The summed E-state index contributed by atoms with van der Waals surface area (Å²) in [6.07, 6.45) is 4.21. The summed E-state index contributed by atoms with van der Waals surface area (Å²) >= 11 is 0. The summed E-state index contributed by atoms with van der Waals surface area (Å²) in [6, 6.07) is 20.4. The van der Waals surface area contributed by atoms with Crippen molar-refractivity contribution >= 4 is 22.6 Å². The number of carbonyl (C=O) groups is 2. The fourth-order valence-electron chi connectivity index (χ4n) is 4.62. The SMILES string of the molecule is Cn1cc(C2C(C(=O)CCc3ccccc3)=C(O)C(=O)N2Cc2ccco2)c2ccccc21. The van der Waals surface area contributed by atoms with Gasteiger partial charge in [0.05, 0.1) is 24.4 Å². The van der Waals surface area contributed by atoms with Crippen molar-refractivity contribution in [1.82, 2.24) is 9.47 Å².